The molecule has 0 fully saturated rings. The lowest BCUT2D eigenvalue weighted by Crippen LogP contribution is -2.08. The molecule has 1 aliphatic rings. The minimum absolute atomic E-state index is 0.0557. The molecule has 0 N–H and O–H groups in total. The van der Waals surface area contributed by atoms with E-state index in [1.165, 1.54) is 0 Å². The summed E-state index contributed by atoms with van der Waals surface area (Å²) in [6.07, 6.45) is 1.57. The zero-order chi connectivity index (χ0) is 22.0. The quantitative estimate of drug-likeness (QED) is 0.350. The van der Waals surface area contributed by atoms with Crippen molar-refractivity contribution in [1.29, 1.82) is 0 Å². The molecule has 0 unspecified atom stereocenters. The second-order valence-corrected chi connectivity index (χ2v) is 7.73. The summed E-state index contributed by atoms with van der Waals surface area (Å²) in [6.45, 7) is 6.17. The van der Waals surface area contributed by atoms with Crippen LogP contribution >= 0.6 is 11.6 Å². The molecule has 0 amide bonds. The third kappa shape index (κ3) is 4.57. The van der Waals surface area contributed by atoms with Crippen LogP contribution in [0.1, 0.15) is 31.9 Å². The molecule has 0 spiro atoms. The molecule has 3 aromatic rings. The fraction of sp³-hybridized carbons (Fsp3) is 0.200. The molecule has 0 saturated carbocycles. The molecule has 4 rings (SSSR count). The Morgan fingerprint density at radius 1 is 1.10 bits per heavy atom. The van der Waals surface area contributed by atoms with E-state index in [-0.39, 0.29) is 17.7 Å². The standard InChI is InChI=1S/C25H22ClNO4/c1-4-29-22-13-16(11-20(26)23(22)30-15(2)3)12-21-25(28)31-24(27-21)19-10-9-17-7-5-6-8-18(17)14-19/h5-15H,4H2,1-3H3/b21-12-. The molecule has 0 aliphatic carbocycles. The van der Waals surface area contributed by atoms with Gasteiger partial charge >= 0.3 is 5.97 Å². The van der Waals surface area contributed by atoms with Crippen LogP contribution in [0.3, 0.4) is 0 Å². The Labute approximate surface area is 185 Å². The Morgan fingerprint density at radius 3 is 2.61 bits per heavy atom. The Balaban J connectivity index is 1.69. The summed E-state index contributed by atoms with van der Waals surface area (Å²) in [4.78, 5) is 16.8. The SMILES string of the molecule is CCOc1cc(/C=C2\N=C(c3ccc4ccccc4c3)OC2=O)cc(Cl)c1OC(C)C. The van der Waals surface area contributed by atoms with Gasteiger partial charge in [-0.3, -0.25) is 0 Å². The average molecular weight is 436 g/mol. The number of carbonyl (C=O) groups excluding carboxylic acids is 1. The number of fused-ring (bicyclic) bond motifs is 1. The van der Waals surface area contributed by atoms with E-state index in [9.17, 15) is 4.79 Å². The fourth-order valence-electron chi connectivity index (χ4n) is 3.30. The zero-order valence-corrected chi connectivity index (χ0v) is 18.3. The summed E-state index contributed by atoms with van der Waals surface area (Å²) in [7, 11) is 0. The first kappa shape index (κ1) is 20.9. The maximum atomic E-state index is 12.4. The molecule has 0 bridgehead atoms. The van der Waals surface area contributed by atoms with Gasteiger partial charge in [-0.2, -0.15) is 0 Å². The summed E-state index contributed by atoms with van der Waals surface area (Å²) in [5.74, 6) is 0.758. The van der Waals surface area contributed by atoms with Crippen molar-refractivity contribution in [2.24, 2.45) is 4.99 Å². The van der Waals surface area contributed by atoms with Gasteiger partial charge in [0.2, 0.25) is 5.90 Å². The van der Waals surface area contributed by atoms with Crippen LogP contribution in [0.4, 0.5) is 0 Å². The van der Waals surface area contributed by atoms with Crippen molar-refractivity contribution >= 4 is 40.3 Å². The van der Waals surface area contributed by atoms with Crippen LogP contribution in [-0.4, -0.2) is 24.6 Å². The van der Waals surface area contributed by atoms with E-state index in [0.29, 0.717) is 28.7 Å². The third-order valence-electron chi connectivity index (χ3n) is 4.61. The van der Waals surface area contributed by atoms with Crippen LogP contribution in [0.5, 0.6) is 11.5 Å². The van der Waals surface area contributed by atoms with E-state index < -0.39 is 5.97 Å². The number of cyclic esters (lactones) is 1. The van der Waals surface area contributed by atoms with Crippen LogP contribution < -0.4 is 9.47 Å². The maximum Gasteiger partial charge on any atom is 0.363 e. The molecule has 0 radical (unpaired) electrons. The molecule has 0 aromatic heterocycles. The van der Waals surface area contributed by atoms with E-state index in [2.05, 4.69) is 4.99 Å². The number of hydrogen-bond acceptors (Lipinski definition) is 5. The van der Waals surface area contributed by atoms with Gasteiger partial charge in [-0.25, -0.2) is 9.79 Å². The molecule has 158 valence electrons. The largest absolute Gasteiger partial charge is 0.490 e. The second kappa shape index (κ2) is 8.82. The highest BCUT2D eigenvalue weighted by Gasteiger charge is 2.25. The number of carbonyl (C=O) groups is 1. The number of hydrogen-bond donors (Lipinski definition) is 0. The maximum absolute atomic E-state index is 12.4. The number of benzene rings is 3. The molecular weight excluding hydrogens is 414 g/mol. The van der Waals surface area contributed by atoms with Gasteiger partial charge in [0.15, 0.2) is 17.2 Å². The number of rotatable bonds is 6. The number of halogens is 1. The smallest absolute Gasteiger partial charge is 0.363 e. The predicted molar refractivity (Wildman–Crippen MR) is 123 cm³/mol. The van der Waals surface area contributed by atoms with Crippen LogP contribution in [0.15, 0.2) is 65.3 Å². The summed E-state index contributed by atoms with van der Waals surface area (Å²) in [5.41, 5.74) is 1.60. The van der Waals surface area contributed by atoms with Gasteiger partial charge in [-0.1, -0.05) is 41.9 Å². The highest BCUT2D eigenvalue weighted by atomic mass is 35.5. The first-order valence-electron chi connectivity index (χ1n) is 10.1. The van der Waals surface area contributed by atoms with Gasteiger partial charge in [0.05, 0.1) is 17.7 Å². The van der Waals surface area contributed by atoms with Crippen molar-refractivity contribution in [3.05, 3.63) is 76.4 Å². The summed E-state index contributed by atoms with van der Waals surface area (Å²) >= 11 is 6.43. The zero-order valence-electron chi connectivity index (χ0n) is 17.5. The number of nitrogens with zero attached hydrogens (tertiary/aromatic N) is 1. The van der Waals surface area contributed by atoms with Gasteiger partial charge in [-0.15, -0.1) is 0 Å². The Kier molecular flexibility index (Phi) is 5.96. The molecule has 1 heterocycles. The Morgan fingerprint density at radius 2 is 1.87 bits per heavy atom. The Bertz CT molecular complexity index is 1210. The molecule has 0 atom stereocenters. The van der Waals surface area contributed by atoms with Gasteiger partial charge in [-0.05, 0) is 67.4 Å². The highest BCUT2D eigenvalue weighted by molar-refractivity contribution is 6.32. The van der Waals surface area contributed by atoms with E-state index in [0.717, 1.165) is 16.3 Å². The van der Waals surface area contributed by atoms with Gasteiger partial charge < -0.3 is 14.2 Å². The molecule has 3 aromatic carbocycles. The first-order valence-corrected chi connectivity index (χ1v) is 10.5. The van der Waals surface area contributed by atoms with Crippen LogP contribution in [-0.2, 0) is 9.53 Å². The van der Waals surface area contributed by atoms with Crippen molar-refractivity contribution in [2.45, 2.75) is 26.9 Å². The van der Waals surface area contributed by atoms with Gasteiger partial charge in [0.1, 0.15) is 0 Å². The third-order valence-corrected chi connectivity index (χ3v) is 4.89. The lowest BCUT2D eigenvalue weighted by atomic mass is 10.1. The van der Waals surface area contributed by atoms with E-state index in [1.807, 2.05) is 63.2 Å². The van der Waals surface area contributed by atoms with Crippen molar-refractivity contribution in [3.63, 3.8) is 0 Å². The van der Waals surface area contributed by atoms with Crippen molar-refractivity contribution in [1.82, 2.24) is 0 Å². The molecule has 0 saturated heterocycles. The predicted octanol–water partition coefficient (Wildman–Crippen LogP) is 6.02. The normalized spacial score (nSPS) is 14.8. The lowest BCUT2D eigenvalue weighted by Gasteiger charge is -2.16. The number of esters is 1. The average Bonchev–Trinajstić information content (AvgIpc) is 3.10. The highest BCUT2D eigenvalue weighted by Crippen LogP contribution is 2.38. The van der Waals surface area contributed by atoms with Crippen LogP contribution in [0.25, 0.3) is 16.8 Å². The van der Waals surface area contributed by atoms with E-state index >= 15 is 0 Å². The van der Waals surface area contributed by atoms with Gasteiger partial charge in [0, 0.05) is 5.56 Å². The summed E-state index contributed by atoms with van der Waals surface area (Å²) in [5, 5.41) is 2.55. The molecular formula is C25H22ClNO4. The minimum Gasteiger partial charge on any atom is -0.490 e. The number of ether oxygens (including phenoxy) is 3. The first-order chi connectivity index (χ1) is 14.9. The molecule has 5 nitrogen and oxygen atoms in total. The van der Waals surface area contributed by atoms with Crippen LogP contribution in [0, 0.1) is 0 Å². The van der Waals surface area contributed by atoms with E-state index in [4.69, 9.17) is 25.8 Å². The molecule has 1 aliphatic heterocycles. The molecule has 6 heteroatoms. The van der Waals surface area contributed by atoms with Crippen molar-refractivity contribution < 1.29 is 19.0 Å². The molecule has 31 heavy (non-hydrogen) atoms. The fourth-order valence-corrected chi connectivity index (χ4v) is 3.56. The monoisotopic (exact) mass is 435 g/mol. The van der Waals surface area contributed by atoms with E-state index in [1.54, 1.807) is 18.2 Å². The van der Waals surface area contributed by atoms with Crippen molar-refractivity contribution in [3.8, 4) is 11.5 Å². The van der Waals surface area contributed by atoms with Crippen LogP contribution in [0.2, 0.25) is 5.02 Å². The minimum atomic E-state index is -0.514. The lowest BCUT2D eigenvalue weighted by molar-refractivity contribution is -0.129. The summed E-state index contributed by atoms with van der Waals surface area (Å²) < 4.78 is 16.9. The Hall–Kier alpha value is -3.31. The second-order valence-electron chi connectivity index (χ2n) is 7.33. The van der Waals surface area contributed by atoms with Crippen molar-refractivity contribution in [2.75, 3.05) is 6.61 Å². The number of aliphatic imine (C=N–C) groups is 1. The summed E-state index contributed by atoms with van der Waals surface area (Å²) in [6, 6.07) is 17.3. The van der Waals surface area contributed by atoms with Gasteiger partial charge in [0.25, 0.3) is 0 Å². The topological polar surface area (TPSA) is 57.1 Å².